The molecule has 0 spiro atoms. The molecule has 162 valence electrons. The summed E-state index contributed by atoms with van der Waals surface area (Å²) >= 11 is 0. The molecule has 0 bridgehead atoms. The van der Waals surface area contributed by atoms with Gasteiger partial charge in [-0.25, -0.2) is 9.78 Å². The molecule has 0 amide bonds. The molecular formula is C24H21N3O5. The van der Waals surface area contributed by atoms with Crippen LogP contribution in [-0.4, -0.2) is 40.3 Å². The number of ether oxygens (including phenoxy) is 1. The number of hydrogen-bond acceptors (Lipinski definition) is 6. The summed E-state index contributed by atoms with van der Waals surface area (Å²) in [5, 5.41) is 26.0. The van der Waals surface area contributed by atoms with E-state index in [0.29, 0.717) is 16.9 Å². The number of carboxylic acid groups (broad SMARTS) is 2. The third-order valence-corrected chi connectivity index (χ3v) is 4.79. The average Bonchev–Trinajstić information content (AvgIpc) is 2.77. The molecule has 0 radical (unpaired) electrons. The number of carbonyl (C=O) groups is 2. The predicted molar refractivity (Wildman–Crippen MR) is 122 cm³/mol. The van der Waals surface area contributed by atoms with E-state index in [4.69, 9.17) is 19.9 Å². The van der Waals surface area contributed by atoms with Gasteiger partial charge in [0.05, 0.1) is 23.3 Å². The number of para-hydroxylation sites is 2. The molecule has 0 aliphatic rings. The third kappa shape index (κ3) is 4.93. The second-order valence-corrected chi connectivity index (χ2v) is 7.20. The minimum absolute atomic E-state index is 0.0708. The minimum Gasteiger partial charge on any atom is -0.480 e. The molecule has 0 aliphatic heterocycles. The zero-order valence-corrected chi connectivity index (χ0v) is 17.0. The van der Waals surface area contributed by atoms with E-state index in [-0.39, 0.29) is 13.2 Å². The van der Waals surface area contributed by atoms with Crippen LogP contribution in [0.1, 0.15) is 5.56 Å². The molecule has 0 saturated carbocycles. The summed E-state index contributed by atoms with van der Waals surface area (Å²) in [4.78, 5) is 26.5. The number of benzene rings is 3. The predicted octanol–water partition coefficient (Wildman–Crippen LogP) is 4.23. The molecule has 0 atom stereocenters. The maximum atomic E-state index is 11.0. The lowest BCUT2D eigenvalue weighted by atomic mass is 10.1. The van der Waals surface area contributed by atoms with Crippen molar-refractivity contribution in [2.24, 2.45) is 0 Å². The number of anilines is 3. The van der Waals surface area contributed by atoms with Gasteiger partial charge < -0.3 is 25.6 Å². The highest BCUT2D eigenvalue weighted by molar-refractivity contribution is 6.08. The normalized spacial score (nSPS) is 10.9. The number of pyridine rings is 1. The summed E-state index contributed by atoms with van der Waals surface area (Å²) in [5.74, 6) is -2.05. The van der Waals surface area contributed by atoms with E-state index in [1.54, 1.807) is 12.1 Å². The van der Waals surface area contributed by atoms with Crippen LogP contribution in [0.5, 0.6) is 0 Å². The molecule has 1 aromatic heterocycles. The quantitative estimate of drug-likeness (QED) is 0.291. The Labute approximate surface area is 183 Å². The molecule has 3 aromatic carbocycles. The van der Waals surface area contributed by atoms with E-state index in [0.717, 1.165) is 27.5 Å². The van der Waals surface area contributed by atoms with Crippen molar-refractivity contribution in [3.63, 3.8) is 0 Å². The van der Waals surface area contributed by atoms with Gasteiger partial charge in [-0.2, -0.15) is 0 Å². The second-order valence-electron chi connectivity index (χ2n) is 7.20. The molecule has 4 rings (SSSR count). The smallest absolute Gasteiger partial charge is 0.329 e. The SMILES string of the molecule is O=C(O)CNc1cc(COCC(=O)O)cc(Nc2c3ccccc3nc3ccccc23)c1. The van der Waals surface area contributed by atoms with Gasteiger partial charge in [0.1, 0.15) is 13.2 Å². The van der Waals surface area contributed by atoms with Crippen LogP contribution in [0, 0.1) is 0 Å². The summed E-state index contributed by atoms with van der Waals surface area (Å²) in [6.45, 7) is -0.601. The van der Waals surface area contributed by atoms with Gasteiger partial charge in [-0.05, 0) is 35.9 Å². The van der Waals surface area contributed by atoms with Crippen LogP contribution in [0.15, 0.2) is 66.7 Å². The van der Waals surface area contributed by atoms with Crippen molar-refractivity contribution in [1.29, 1.82) is 0 Å². The van der Waals surface area contributed by atoms with Crippen LogP contribution in [0.2, 0.25) is 0 Å². The third-order valence-electron chi connectivity index (χ3n) is 4.79. The van der Waals surface area contributed by atoms with E-state index in [1.165, 1.54) is 0 Å². The Balaban J connectivity index is 1.75. The van der Waals surface area contributed by atoms with Gasteiger partial charge in [0, 0.05) is 22.1 Å². The first-order valence-corrected chi connectivity index (χ1v) is 9.93. The number of hydrogen-bond donors (Lipinski definition) is 4. The molecule has 0 aliphatic carbocycles. The van der Waals surface area contributed by atoms with Gasteiger partial charge in [0.2, 0.25) is 0 Å². The van der Waals surface area contributed by atoms with Crippen LogP contribution in [-0.2, 0) is 20.9 Å². The van der Waals surface area contributed by atoms with Crippen LogP contribution < -0.4 is 10.6 Å². The summed E-state index contributed by atoms with van der Waals surface area (Å²) in [5.41, 5.74) is 4.55. The molecule has 0 saturated heterocycles. The van der Waals surface area contributed by atoms with Gasteiger partial charge in [-0.3, -0.25) is 4.79 Å². The van der Waals surface area contributed by atoms with E-state index in [9.17, 15) is 9.59 Å². The first kappa shape index (κ1) is 21.1. The summed E-state index contributed by atoms with van der Waals surface area (Å²) in [7, 11) is 0. The zero-order valence-electron chi connectivity index (χ0n) is 17.0. The number of aromatic nitrogens is 1. The molecule has 4 aromatic rings. The van der Waals surface area contributed by atoms with Crippen LogP contribution in [0.25, 0.3) is 21.8 Å². The Morgan fingerprint density at radius 3 is 2.09 bits per heavy atom. The van der Waals surface area contributed by atoms with E-state index >= 15 is 0 Å². The monoisotopic (exact) mass is 431 g/mol. The molecule has 0 fully saturated rings. The van der Waals surface area contributed by atoms with Crippen molar-refractivity contribution < 1.29 is 24.5 Å². The Kier molecular flexibility index (Phi) is 6.14. The first-order valence-electron chi connectivity index (χ1n) is 9.93. The molecule has 8 nitrogen and oxygen atoms in total. The van der Waals surface area contributed by atoms with Crippen molar-refractivity contribution in [2.45, 2.75) is 6.61 Å². The number of nitrogens with one attached hydrogen (secondary N) is 2. The Morgan fingerprint density at radius 2 is 1.47 bits per heavy atom. The first-order chi connectivity index (χ1) is 15.5. The summed E-state index contributed by atoms with van der Waals surface area (Å²) in [6.07, 6.45) is 0. The van der Waals surface area contributed by atoms with Gasteiger partial charge in [0.25, 0.3) is 0 Å². The van der Waals surface area contributed by atoms with Crippen LogP contribution >= 0.6 is 0 Å². The number of nitrogens with zero attached hydrogens (tertiary/aromatic N) is 1. The molecule has 32 heavy (non-hydrogen) atoms. The standard InChI is InChI=1S/C24H21N3O5/c28-22(29)12-25-16-9-15(13-32-14-23(30)31)10-17(11-16)26-24-18-5-1-3-7-20(18)27-21-8-4-2-6-19(21)24/h1-11,25H,12-14H2,(H,26,27)(H,28,29)(H,30,31). The largest absolute Gasteiger partial charge is 0.480 e. The summed E-state index contributed by atoms with van der Waals surface area (Å²) < 4.78 is 5.23. The lowest BCUT2D eigenvalue weighted by Crippen LogP contribution is -2.13. The van der Waals surface area contributed by atoms with Crippen molar-refractivity contribution in [3.05, 3.63) is 72.3 Å². The maximum absolute atomic E-state index is 11.0. The van der Waals surface area contributed by atoms with Crippen molar-refractivity contribution in [3.8, 4) is 0 Å². The minimum atomic E-state index is -1.06. The fraction of sp³-hybridized carbons (Fsp3) is 0.125. The van der Waals surface area contributed by atoms with E-state index < -0.39 is 18.5 Å². The lowest BCUT2D eigenvalue weighted by Gasteiger charge is -2.16. The Hall–Kier alpha value is -4.17. The lowest BCUT2D eigenvalue weighted by molar-refractivity contribution is -0.142. The van der Waals surface area contributed by atoms with Crippen molar-refractivity contribution in [2.75, 3.05) is 23.8 Å². The van der Waals surface area contributed by atoms with Gasteiger partial charge in [-0.1, -0.05) is 36.4 Å². The molecule has 8 heteroatoms. The number of fused-ring (bicyclic) bond motifs is 2. The zero-order chi connectivity index (χ0) is 22.5. The maximum Gasteiger partial charge on any atom is 0.329 e. The van der Waals surface area contributed by atoms with Crippen LogP contribution in [0.4, 0.5) is 17.1 Å². The van der Waals surface area contributed by atoms with E-state index in [1.807, 2.05) is 54.6 Å². The van der Waals surface area contributed by atoms with Gasteiger partial charge in [-0.15, -0.1) is 0 Å². The average molecular weight is 431 g/mol. The van der Waals surface area contributed by atoms with E-state index in [2.05, 4.69) is 10.6 Å². The van der Waals surface area contributed by atoms with Crippen molar-refractivity contribution in [1.82, 2.24) is 4.98 Å². The molecule has 1 heterocycles. The Morgan fingerprint density at radius 1 is 0.844 bits per heavy atom. The fourth-order valence-corrected chi connectivity index (χ4v) is 3.50. The van der Waals surface area contributed by atoms with Crippen LogP contribution in [0.3, 0.4) is 0 Å². The topological polar surface area (TPSA) is 121 Å². The second kappa shape index (κ2) is 9.32. The van der Waals surface area contributed by atoms with Gasteiger partial charge >= 0.3 is 11.9 Å². The summed E-state index contributed by atoms with van der Waals surface area (Å²) in [6, 6.07) is 21.0. The number of aliphatic carboxylic acids is 2. The van der Waals surface area contributed by atoms with Crippen molar-refractivity contribution >= 4 is 50.8 Å². The highest BCUT2D eigenvalue weighted by Crippen LogP contribution is 2.34. The Bertz CT molecular complexity index is 1250. The molecular weight excluding hydrogens is 410 g/mol. The highest BCUT2D eigenvalue weighted by atomic mass is 16.5. The molecule has 4 N–H and O–H groups in total. The fourth-order valence-electron chi connectivity index (χ4n) is 3.50. The highest BCUT2D eigenvalue weighted by Gasteiger charge is 2.11. The molecule has 0 unspecified atom stereocenters. The number of rotatable bonds is 9. The number of carboxylic acids is 2. The van der Waals surface area contributed by atoms with Gasteiger partial charge in [0.15, 0.2) is 0 Å².